The standard InChI is InChI=1S/C18H25N3O3S/c1-14(10-11-19)20-13-15-6-3-4-9-18(15)21(25(20,22)23)16-7-5-8-17(12-16)24-2/h3-9,12,14,22-23H,10-11,13,19H2,1-2H3. The van der Waals surface area contributed by atoms with Crippen molar-refractivity contribution in [2.24, 2.45) is 5.73 Å². The monoisotopic (exact) mass is 363 g/mol. The molecule has 2 aromatic rings. The maximum Gasteiger partial charge on any atom is 0.121 e. The smallest absolute Gasteiger partial charge is 0.121 e. The molecule has 0 aromatic heterocycles. The van der Waals surface area contributed by atoms with Crippen LogP contribution in [-0.2, 0) is 6.54 Å². The second kappa shape index (κ2) is 7.23. The van der Waals surface area contributed by atoms with Gasteiger partial charge in [-0.3, -0.25) is 9.11 Å². The van der Waals surface area contributed by atoms with E-state index in [-0.39, 0.29) is 6.04 Å². The van der Waals surface area contributed by atoms with Crippen LogP contribution in [0.3, 0.4) is 0 Å². The van der Waals surface area contributed by atoms with Gasteiger partial charge in [-0.2, -0.15) is 4.31 Å². The van der Waals surface area contributed by atoms with Crippen LogP contribution in [0.5, 0.6) is 5.75 Å². The number of methoxy groups -OCH3 is 1. The molecule has 0 saturated carbocycles. The molecule has 1 atom stereocenters. The van der Waals surface area contributed by atoms with Crippen LogP contribution in [0.1, 0.15) is 18.9 Å². The maximum absolute atomic E-state index is 11.2. The highest BCUT2D eigenvalue weighted by Crippen LogP contribution is 2.59. The summed E-state index contributed by atoms with van der Waals surface area (Å²) in [5, 5.41) is 0. The van der Waals surface area contributed by atoms with Gasteiger partial charge in [-0.1, -0.05) is 24.3 Å². The van der Waals surface area contributed by atoms with Crippen LogP contribution < -0.4 is 14.8 Å². The number of hydrogen-bond acceptors (Lipinski definition) is 6. The van der Waals surface area contributed by atoms with Crippen LogP contribution in [-0.4, -0.2) is 33.1 Å². The molecule has 25 heavy (non-hydrogen) atoms. The molecule has 0 amide bonds. The molecule has 0 spiro atoms. The van der Waals surface area contributed by atoms with Gasteiger partial charge in [0.05, 0.1) is 18.5 Å². The Hall–Kier alpha value is -1.77. The summed E-state index contributed by atoms with van der Waals surface area (Å²) in [5.74, 6) is 0.664. The average Bonchev–Trinajstić information content (AvgIpc) is 2.60. The van der Waals surface area contributed by atoms with Crippen molar-refractivity contribution >= 4 is 22.3 Å². The molecule has 1 heterocycles. The van der Waals surface area contributed by atoms with Crippen molar-refractivity contribution in [3.05, 3.63) is 54.1 Å². The Morgan fingerprint density at radius 3 is 2.68 bits per heavy atom. The van der Waals surface area contributed by atoms with Crippen LogP contribution >= 0.6 is 11.0 Å². The minimum Gasteiger partial charge on any atom is -0.497 e. The first-order chi connectivity index (χ1) is 12.0. The first-order valence-electron chi connectivity index (χ1n) is 8.26. The van der Waals surface area contributed by atoms with Crippen LogP contribution in [0.4, 0.5) is 11.4 Å². The molecule has 1 unspecified atom stereocenters. The second-order valence-electron chi connectivity index (χ2n) is 6.12. The summed E-state index contributed by atoms with van der Waals surface area (Å²) in [6.45, 7) is 2.94. The van der Waals surface area contributed by atoms with Gasteiger partial charge in [0, 0.05) is 18.7 Å². The van der Waals surface area contributed by atoms with Crippen LogP contribution in [0.25, 0.3) is 0 Å². The number of nitrogens with two attached hydrogens (primary N) is 1. The number of fused-ring (bicyclic) bond motifs is 1. The predicted octanol–water partition coefficient (Wildman–Crippen LogP) is 3.97. The van der Waals surface area contributed by atoms with Crippen molar-refractivity contribution in [2.75, 3.05) is 18.0 Å². The summed E-state index contributed by atoms with van der Waals surface area (Å²) in [4.78, 5) is 0. The predicted molar refractivity (Wildman–Crippen MR) is 103 cm³/mol. The Morgan fingerprint density at radius 2 is 1.96 bits per heavy atom. The van der Waals surface area contributed by atoms with Gasteiger partial charge in [-0.15, -0.1) is 0 Å². The number of rotatable bonds is 5. The second-order valence-corrected chi connectivity index (χ2v) is 7.93. The zero-order valence-electron chi connectivity index (χ0n) is 14.5. The highest BCUT2D eigenvalue weighted by atomic mass is 32.3. The molecule has 4 N–H and O–H groups in total. The lowest BCUT2D eigenvalue weighted by molar-refractivity contribution is 0.274. The van der Waals surface area contributed by atoms with E-state index in [2.05, 4.69) is 0 Å². The number of nitrogens with zero attached hydrogens (tertiary/aromatic N) is 2. The van der Waals surface area contributed by atoms with E-state index < -0.39 is 11.0 Å². The molecule has 0 bridgehead atoms. The molecule has 0 fully saturated rings. The van der Waals surface area contributed by atoms with E-state index in [4.69, 9.17) is 10.5 Å². The Labute approximate surface area is 150 Å². The van der Waals surface area contributed by atoms with Gasteiger partial charge in [0.15, 0.2) is 0 Å². The van der Waals surface area contributed by atoms with Crippen molar-refractivity contribution in [2.45, 2.75) is 25.9 Å². The molecule has 0 saturated heterocycles. The molecule has 1 aliphatic heterocycles. The summed E-state index contributed by atoms with van der Waals surface area (Å²) in [6, 6.07) is 15.1. The molecule has 1 aliphatic rings. The van der Waals surface area contributed by atoms with Crippen molar-refractivity contribution < 1.29 is 13.8 Å². The van der Waals surface area contributed by atoms with E-state index >= 15 is 0 Å². The Kier molecular flexibility index (Phi) is 5.21. The van der Waals surface area contributed by atoms with E-state index in [1.165, 1.54) is 0 Å². The van der Waals surface area contributed by atoms with Gasteiger partial charge < -0.3 is 10.5 Å². The van der Waals surface area contributed by atoms with Gasteiger partial charge in [0.25, 0.3) is 0 Å². The van der Waals surface area contributed by atoms with E-state index in [1.807, 2.05) is 55.5 Å². The van der Waals surface area contributed by atoms with E-state index in [0.717, 1.165) is 11.3 Å². The fraction of sp³-hybridized carbons (Fsp3) is 0.333. The summed E-state index contributed by atoms with van der Waals surface area (Å²) in [5.41, 5.74) is 8.21. The molecule has 3 rings (SSSR count). The Balaban J connectivity index is 2.12. The van der Waals surface area contributed by atoms with E-state index in [1.54, 1.807) is 15.7 Å². The minimum atomic E-state index is -3.22. The third kappa shape index (κ3) is 3.33. The van der Waals surface area contributed by atoms with E-state index in [0.29, 0.717) is 30.9 Å². The normalized spacial score (nSPS) is 19.2. The number of anilines is 2. The van der Waals surface area contributed by atoms with Crippen molar-refractivity contribution in [1.29, 1.82) is 0 Å². The van der Waals surface area contributed by atoms with Crippen LogP contribution in [0, 0.1) is 0 Å². The third-order valence-electron chi connectivity index (χ3n) is 4.46. The first-order valence-corrected chi connectivity index (χ1v) is 9.72. The quantitative estimate of drug-likeness (QED) is 0.746. The van der Waals surface area contributed by atoms with Crippen LogP contribution in [0.15, 0.2) is 48.5 Å². The molecule has 0 aliphatic carbocycles. The molecular weight excluding hydrogens is 338 g/mol. The summed E-state index contributed by atoms with van der Waals surface area (Å²) >= 11 is 0. The zero-order chi connectivity index (χ0) is 18.0. The molecule has 136 valence electrons. The lowest BCUT2D eigenvalue weighted by Gasteiger charge is -2.55. The van der Waals surface area contributed by atoms with Gasteiger partial charge in [0.1, 0.15) is 5.75 Å². The van der Waals surface area contributed by atoms with Crippen molar-refractivity contribution in [3.8, 4) is 5.75 Å². The highest BCUT2D eigenvalue weighted by molar-refractivity contribution is 8.23. The average molecular weight is 363 g/mol. The van der Waals surface area contributed by atoms with Crippen LogP contribution in [0.2, 0.25) is 0 Å². The number of hydrogen-bond donors (Lipinski definition) is 3. The van der Waals surface area contributed by atoms with Crippen molar-refractivity contribution in [3.63, 3.8) is 0 Å². The molecule has 7 heteroatoms. The minimum absolute atomic E-state index is 0.0588. The Morgan fingerprint density at radius 1 is 1.20 bits per heavy atom. The lowest BCUT2D eigenvalue weighted by Crippen LogP contribution is -2.46. The number of ether oxygens (including phenoxy) is 1. The fourth-order valence-electron chi connectivity index (χ4n) is 3.13. The SMILES string of the molecule is COc1cccc(N2c3ccccc3CN(C(C)CCN)S2(O)O)c1. The Bertz CT molecular complexity index is 741. The molecular formula is C18H25N3O3S. The summed E-state index contributed by atoms with van der Waals surface area (Å²) < 4.78 is 31.0. The lowest BCUT2D eigenvalue weighted by atomic mass is 10.1. The molecule has 0 radical (unpaired) electrons. The van der Waals surface area contributed by atoms with Gasteiger partial charge in [-0.05, 0) is 54.6 Å². The summed E-state index contributed by atoms with van der Waals surface area (Å²) in [7, 11) is -1.63. The topological polar surface area (TPSA) is 82.2 Å². The van der Waals surface area contributed by atoms with Crippen molar-refractivity contribution in [1.82, 2.24) is 4.31 Å². The largest absolute Gasteiger partial charge is 0.497 e. The fourth-order valence-corrected chi connectivity index (χ4v) is 5.08. The maximum atomic E-state index is 11.2. The number of para-hydroxylation sites is 1. The third-order valence-corrected chi connectivity index (χ3v) is 6.48. The molecule has 6 nitrogen and oxygen atoms in total. The summed E-state index contributed by atoms with van der Waals surface area (Å²) in [6.07, 6.45) is 0.685. The number of benzene rings is 2. The van der Waals surface area contributed by atoms with E-state index in [9.17, 15) is 9.11 Å². The zero-order valence-corrected chi connectivity index (χ0v) is 15.3. The highest BCUT2D eigenvalue weighted by Gasteiger charge is 2.40. The van der Waals surface area contributed by atoms with Gasteiger partial charge in [0.2, 0.25) is 0 Å². The molecule has 2 aromatic carbocycles. The van der Waals surface area contributed by atoms with Gasteiger partial charge in [-0.25, -0.2) is 4.31 Å². The van der Waals surface area contributed by atoms with Gasteiger partial charge >= 0.3 is 0 Å². The first kappa shape index (κ1) is 18.0.